The van der Waals surface area contributed by atoms with Crippen LogP contribution >= 0.6 is 11.6 Å². The van der Waals surface area contributed by atoms with E-state index in [1.807, 2.05) is 0 Å². The van der Waals surface area contributed by atoms with E-state index >= 15 is 0 Å². The third-order valence-corrected chi connectivity index (χ3v) is 3.90. The number of amides is 2. The molecule has 128 valence electrons. The molecule has 0 aromatic heterocycles. The Balaban J connectivity index is 2.17. The highest BCUT2D eigenvalue weighted by molar-refractivity contribution is 6.39. The van der Waals surface area contributed by atoms with Crippen LogP contribution < -0.4 is 5.32 Å². The van der Waals surface area contributed by atoms with Gasteiger partial charge < -0.3 is 10.1 Å². The summed E-state index contributed by atoms with van der Waals surface area (Å²) >= 11 is 5.87. The second kappa shape index (κ2) is 7.92. The van der Waals surface area contributed by atoms with Gasteiger partial charge in [-0.2, -0.15) is 5.10 Å². The van der Waals surface area contributed by atoms with E-state index in [0.29, 0.717) is 5.02 Å². The van der Waals surface area contributed by atoms with Gasteiger partial charge in [-0.05, 0) is 17.7 Å². The summed E-state index contributed by atoms with van der Waals surface area (Å²) in [4.78, 5) is 35.5. The van der Waals surface area contributed by atoms with Crippen molar-refractivity contribution in [2.24, 2.45) is 5.10 Å². The lowest BCUT2D eigenvalue weighted by Gasteiger charge is -2.22. The lowest BCUT2D eigenvalue weighted by atomic mass is 10.0. The van der Waals surface area contributed by atoms with Gasteiger partial charge in [-0.3, -0.25) is 14.4 Å². The largest absolute Gasteiger partial charge is 0.469 e. The number of nitrogens with one attached hydrogen (secondary N) is 1. The predicted molar refractivity (Wildman–Crippen MR) is 88.4 cm³/mol. The number of esters is 1. The fourth-order valence-corrected chi connectivity index (χ4v) is 2.40. The van der Waals surface area contributed by atoms with E-state index in [4.69, 9.17) is 11.6 Å². The molecular weight excluding hydrogens is 334 g/mol. The van der Waals surface area contributed by atoms with Crippen molar-refractivity contribution in [1.82, 2.24) is 10.3 Å². The minimum absolute atomic E-state index is 0.0219. The molecule has 1 N–H and O–H groups in total. The standard InChI is InChI=1S/C16H18ClN3O4/c1-20-14(21)8-7-12(19-20)16(23)18-13(9-15(22)24-2)10-3-5-11(17)6-4-10/h3-6,13H,7-9H2,1-2H3,(H,18,23)/t13-/m0/s1. The molecule has 1 aliphatic heterocycles. The van der Waals surface area contributed by atoms with Crippen LogP contribution in [-0.4, -0.2) is 42.7 Å². The Morgan fingerprint density at radius 2 is 2.00 bits per heavy atom. The first-order valence-electron chi connectivity index (χ1n) is 7.38. The van der Waals surface area contributed by atoms with Crippen molar-refractivity contribution in [3.05, 3.63) is 34.9 Å². The Morgan fingerprint density at radius 1 is 1.33 bits per heavy atom. The van der Waals surface area contributed by atoms with Crippen LogP contribution in [0.1, 0.15) is 30.9 Å². The first kappa shape index (κ1) is 17.9. The van der Waals surface area contributed by atoms with Crippen LogP contribution in [0.3, 0.4) is 0 Å². The molecule has 0 aliphatic carbocycles. The van der Waals surface area contributed by atoms with Crippen molar-refractivity contribution in [2.75, 3.05) is 14.2 Å². The average Bonchev–Trinajstić information content (AvgIpc) is 2.57. The van der Waals surface area contributed by atoms with Crippen molar-refractivity contribution in [3.8, 4) is 0 Å². The first-order chi connectivity index (χ1) is 11.4. The summed E-state index contributed by atoms with van der Waals surface area (Å²) in [5, 5.41) is 8.45. The molecule has 0 bridgehead atoms. The summed E-state index contributed by atoms with van der Waals surface area (Å²) in [6, 6.07) is 6.24. The number of rotatable bonds is 5. The molecule has 2 amide bonds. The fourth-order valence-electron chi connectivity index (χ4n) is 2.27. The molecular formula is C16H18ClN3O4. The molecule has 1 atom stereocenters. The molecule has 24 heavy (non-hydrogen) atoms. The van der Waals surface area contributed by atoms with Gasteiger partial charge in [0.2, 0.25) is 5.91 Å². The summed E-state index contributed by atoms with van der Waals surface area (Å²) in [5.74, 6) is -1.01. The molecule has 2 rings (SSSR count). The average molecular weight is 352 g/mol. The van der Waals surface area contributed by atoms with E-state index in [1.54, 1.807) is 24.3 Å². The number of hydrogen-bond acceptors (Lipinski definition) is 5. The quantitative estimate of drug-likeness (QED) is 0.817. The number of halogens is 1. The van der Waals surface area contributed by atoms with E-state index in [9.17, 15) is 14.4 Å². The van der Waals surface area contributed by atoms with Gasteiger partial charge in [0, 0.05) is 24.9 Å². The number of hydrogen-bond donors (Lipinski definition) is 1. The molecule has 0 unspecified atom stereocenters. The summed E-state index contributed by atoms with van der Waals surface area (Å²) in [5.41, 5.74) is 0.972. The topological polar surface area (TPSA) is 88.1 Å². The van der Waals surface area contributed by atoms with Gasteiger partial charge in [0.15, 0.2) is 0 Å². The van der Waals surface area contributed by atoms with Crippen LogP contribution in [0.15, 0.2) is 29.4 Å². The highest BCUT2D eigenvalue weighted by Gasteiger charge is 2.25. The van der Waals surface area contributed by atoms with Gasteiger partial charge in [-0.1, -0.05) is 23.7 Å². The summed E-state index contributed by atoms with van der Waals surface area (Å²) in [6.45, 7) is 0. The lowest BCUT2D eigenvalue weighted by molar-refractivity contribution is -0.141. The molecule has 0 spiro atoms. The Labute approximate surface area is 144 Å². The highest BCUT2D eigenvalue weighted by atomic mass is 35.5. The van der Waals surface area contributed by atoms with Crippen LogP contribution in [0.2, 0.25) is 5.02 Å². The number of hydrazone groups is 1. The third-order valence-electron chi connectivity index (χ3n) is 3.65. The molecule has 1 aromatic carbocycles. The van der Waals surface area contributed by atoms with Gasteiger partial charge in [-0.25, -0.2) is 5.01 Å². The minimum Gasteiger partial charge on any atom is -0.469 e. The molecule has 0 fully saturated rings. The van der Waals surface area contributed by atoms with Gasteiger partial charge in [-0.15, -0.1) is 0 Å². The van der Waals surface area contributed by atoms with E-state index in [0.717, 1.165) is 10.6 Å². The fraction of sp³-hybridized carbons (Fsp3) is 0.375. The highest BCUT2D eigenvalue weighted by Crippen LogP contribution is 2.20. The predicted octanol–water partition coefficient (Wildman–Crippen LogP) is 1.67. The van der Waals surface area contributed by atoms with Crippen molar-refractivity contribution < 1.29 is 19.1 Å². The molecule has 0 saturated carbocycles. The van der Waals surface area contributed by atoms with Crippen molar-refractivity contribution in [1.29, 1.82) is 0 Å². The summed E-state index contributed by atoms with van der Waals surface area (Å²) in [7, 11) is 2.79. The number of methoxy groups -OCH3 is 1. The second-order valence-corrected chi connectivity index (χ2v) is 5.76. The lowest BCUT2D eigenvalue weighted by Crippen LogP contribution is -2.39. The SMILES string of the molecule is COC(=O)C[C@H](NC(=O)C1=NN(C)C(=O)CC1)c1ccc(Cl)cc1. The number of benzene rings is 1. The summed E-state index contributed by atoms with van der Waals surface area (Å²) < 4.78 is 4.68. The normalized spacial score (nSPS) is 15.5. The zero-order valence-corrected chi connectivity index (χ0v) is 14.2. The number of nitrogens with zero attached hydrogens (tertiary/aromatic N) is 2. The Bertz CT molecular complexity index is 672. The van der Waals surface area contributed by atoms with Gasteiger partial charge in [0.25, 0.3) is 5.91 Å². The van der Waals surface area contributed by atoms with Crippen LogP contribution in [0.25, 0.3) is 0 Å². The molecule has 1 heterocycles. The van der Waals surface area contributed by atoms with E-state index in [1.165, 1.54) is 14.2 Å². The molecule has 0 radical (unpaired) electrons. The number of ether oxygens (including phenoxy) is 1. The smallest absolute Gasteiger partial charge is 0.307 e. The molecule has 1 aliphatic rings. The molecule has 1 aromatic rings. The van der Waals surface area contributed by atoms with Crippen molar-refractivity contribution in [3.63, 3.8) is 0 Å². The van der Waals surface area contributed by atoms with E-state index in [-0.39, 0.29) is 30.9 Å². The Morgan fingerprint density at radius 3 is 2.58 bits per heavy atom. The first-order valence-corrected chi connectivity index (χ1v) is 7.75. The van der Waals surface area contributed by atoms with Crippen LogP contribution in [0.5, 0.6) is 0 Å². The maximum absolute atomic E-state index is 12.4. The number of carbonyl (C=O) groups is 3. The minimum atomic E-state index is -0.576. The Hall–Kier alpha value is -2.41. The molecule has 0 saturated heterocycles. The maximum atomic E-state index is 12.4. The Kier molecular flexibility index (Phi) is 5.92. The third kappa shape index (κ3) is 4.55. The number of carbonyl (C=O) groups excluding carboxylic acids is 3. The van der Waals surface area contributed by atoms with Gasteiger partial charge in [0.05, 0.1) is 19.6 Å². The van der Waals surface area contributed by atoms with Crippen LogP contribution in [-0.2, 0) is 19.1 Å². The van der Waals surface area contributed by atoms with Gasteiger partial charge in [0.1, 0.15) is 5.71 Å². The molecule has 8 heteroatoms. The zero-order valence-electron chi connectivity index (χ0n) is 13.4. The molecule has 7 nitrogen and oxygen atoms in total. The second-order valence-electron chi connectivity index (χ2n) is 5.32. The zero-order chi connectivity index (χ0) is 17.7. The van der Waals surface area contributed by atoms with E-state index < -0.39 is 17.9 Å². The van der Waals surface area contributed by atoms with E-state index in [2.05, 4.69) is 15.2 Å². The maximum Gasteiger partial charge on any atom is 0.307 e. The van der Waals surface area contributed by atoms with Crippen molar-refractivity contribution in [2.45, 2.75) is 25.3 Å². The summed E-state index contributed by atoms with van der Waals surface area (Å²) in [6.07, 6.45) is 0.470. The van der Waals surface area contributed by atoms with Crippen LogP contribution in [0.4, 0.5) is 0 Å². The van der Waals surface area contributed by atoms with Crippen LogP contribution in [0, 0.1) is 0 Å². The van der Waals surface area contributed by atoms with Crippen molar-refractivity contribution >= 4 is 35.1 Å². The monoisotopic (exact) mass is 351 g/mol. The van der Waals surface area contributed by atoms with Gasteiger partial charge >= 0.3 is 5.97 Å².